The lowest BCUT2D eigenvalue weighted by Gasteiger charge is -2.14. The van der Waals surface area contributed by atoms with E-state index in [0.717, 1.165) is 18.4 Å². The van der Waals surface area contributed by atoms with E-state index in [0.29, 0.717) is 13.0 Å². The summed E-state index contributed by atoms with van der Waals surface area (Å²) in [6.45, 7) is 2.28. The van der Waals surface area contributed by atoms with E-state index in [4.69, 9.17) is 5.11 Å². The fourth-order valence-electron chi connectivity index (χ4n) is 1.43. The second kappa shape index (κ2) is 7.31. The van der Waals surface area contributed by atoms with Gasteiger partial charge in [0.15, 0.2) is 0 Å². The van der Waals surface area contributed by atoms with E-state index in [9.17, 15) is 9.59 Å². The van der Waals surface area contributed by atoms with Crippen molar-refractivity contribution in [1.29, 1.82) is 0 Å². The standard InChI is InChI=1S/C11H18N4O3/c1-2-3-4-9(10(16)17)15-11(18)12-5-8-6-13-14-7-8/h6-7,9H,2-5H2,1H3,(H,13,14)(H,16,17)(H2,12,15,18). The largest absolute Gasteiger partial charge is 0.480 e. The van der Waals surface area contributed by atoms with Crippen molar-refractivity contribution in [3.05, 3.63) is 18.0 Å². The van der Waals surface area contributed by atoms with Crippen LogP contribution in [-0.4, -0.2) is 33.3 Å². The predicted octanol–water partition coefficient (Wildman–Crippen LogP) is 0.852. The van der Waals surface area contributed by atoms with Gasteiger partial charge in [-0.3, -0.25) is 5.10 Å². The Morgan fingerprint density at radius 2 is 2.33 bits per heavy atom. The molecule has 1 heterocycles. The van der Waals surface area contributed by atoms with Crippen LogP contribution in [0.4, 0.5) is 4.79 Å². The minimum absolute atomic E-state index is 0.308. The smallest absolute Gasteiger partial charge is 0.326 e. The first-order valence-corrected chi connectivity index (χ1v) is 5.88. The van der Waals surface area contributed by atoms with E-state index >= 15 is 0 Å². The maximum Gasteiger partial charge on any atom is 0.326 e. The van der Waals surface area contributed by atoms with Crippen LogP contribution >= 0.6 is 0 Å². The van der Waals surface area contributed by atoms with Crippen LogP contribution in [0, 0.1) is 0 Å². The third-order valence-corrected chi connectivity index (χ3v) is 2.46. The van der Waals surface area contributed by atoms with Crippen LogP contribution in [-0.2, 0) is 11.3 Å². The summed E-state index contributed by atoms with van der Waals surface area (Å²) in [6.07, 6.45) is 5.34. The number of aromatic nitrogens is 2. The maximum atomic E-state index is 11.5. The number of carboxylic acid groups (broad SMARTS) is 1. The maximum absolute atomic E-state index is 11.5. The number of carbonyl (C=O) groups excluding carboxylic acids is 1. The van der Waals surface area contributed by atoms with Crippen LogP contribution in [0.1, 0.15) is 31.7 Å². The number of hydrogen-bond donors (Lipinski definition) is 4. The van der Waals surface area contributed by atoms with Crippen molar-refractivity contribution >= 4 is 12.0 Å². The summed E-state index contributed by atoms with van der Waals surface area (Å²) in [5.74, 6) is -1.01. The van der Waals surface area contributed by atoms with Gasteiger partial charge in [-0.05, 0) is 6.42 Å². The Bertz CT molecular complexity index is 378. The summed E-state index contributed by atoms with van der Waals surface area (Å²) >= 11 is 0. The predicted molar refractivity (Wildman–Crippen MR) is 64.9 cm³/mol. The lowest BCUT2D eigenvalue weighted by molar-refractivity contribution is -0.139. The molecule has 0 radical (unpaired) electrons. The molecule has 1 aromatic heterocycles. The quantitative estimate of drug-likeness (QED) is 0.578. The van der Waals surface area contributed by atoms with Gasteiger partial charge in [0.1, 0.15) is 6.04 Å². The number of aliphatic carboxylic acids is 1. The zero-order valence-electron chi connectivity index (χ0n) is 10.3. The molecule has 0 saturated heterocycles. The van der Waals surface area contributed by atoms with E-state index in [-0.39, 0.29) is 0 Å². The Hall–Kier alpha value is -2.05. The SMILES string of the molecule is CCCCC(NC(=O)NCc1cn[nH]c1)C(=O)O. The fraction of sp³-hybridized carbons (Fsp3) is 0.545. The summed E-state index contributed by atoms with van der Waals surface area (Å²) < 4.78 is 0. The topological polar surface area (TPSA) is 107 Å². The molecule has 1 aromatic rings. The van der Waals surface area contributed by atoms with Crippen LogP contribution in [0.2, 0.25) is 0 Å². The molecular weight excluding hydrogens is 236 g/mol. The molecule has 7 nitrogen and oxygen atoms in total. The van der Waals surface area contributed by atoms with Gasteiger partial charge in [-0.2, -0.15) is 5.10 Å². The molecule has 1 atom stereocenters. The molecule has 0 aliphatic rings. The van der Waals surface area contributed by atoms with Gasteiger partial charge >= 0.3 is 12.0 Å². The normalized spacial score (nSPS) is 11.8. The molecule has 0 bridgehead atoms. The first kappa shape index (κ1) is 14.0. The van der Waals surface area contributed by atoms with E-state index in [1.807, 2.05) is 6.92 Å². The number of rotatable bonds is 7. The Labute approximate surface area is 105 Å². The second-order valence-electron chi connectivity index (χ2n) is 3.97. The first-order chi connectivity index (χ1) is 8.63. The lowest BCUT2D eigenvalue weighted by atomic mass is 10.1. The highest BCUT2D eigenvalue weighted by Crippen LogP contribution is 2.01. The number of amides is 2. The Balaban J connectivity index is 2.34. The van der Waals surface area contributed by atoms with Crippen LogP contribution in [0.25, 0.3) is 0 Å². The molecule has 1 rings (SSSR count). The zero-order valence-corrected chi connectivity index (χ0v) is 10.3. The fourth-order valence-corrected chi connectivity index (χ4v) is 1.43. The van der Waals surface area contributed by atoms with E-state index < -0.39 is 18.0 Å². The van der Waals surface area contributed by atoms with E-state index in [2.05, 4.69) is 20.8 Å². The van der Waals surface area contributed by atoms with Gasteiger partial charge in [-0.1, -0.05) is 19.8 Å². The second-order valence-corrected chi connectivity index (χ2v) is 3.97. The third kappa shape index (κ3) is 4.86. The van der Waals surface area contributed by atoms with Gasteiger partial charge in [0.2, 0.25) is 0 Å². The summed E-state index contributed by atoms with van der Waals surface area (Å²) in [5.41, 5.74) is 0.825. The van der Waals surface area contributed by atoms with Crippen molar-refractivity contribution in [2.75, 3.05) is 0 Å². The van der Waals surface area contributed by atoms with Gasteiger partial charge in [0, 0.05) is 18.3 Å². The summed E-state index contributed by atoms with van der Waals surface area (Å²) in [6, 6.07) is -1.32. The summed E-state index contributed by atoms with van der Waals surface area (Å²) in [5, 5.41) is 20.3. The monoisotopic (exact) mass is 254 g/mol. The number of nitrogens with one attached hydrogen (secondary N) is 3. The van der Waals surface area contributed by atoms with Gasteiger partial charge in [-0.15, -0.1) is 0 Å². The van der Waals surface area contributed by atoms with E-state index in [1.165, 1.54) is 0 Å². The molecular formula is C11H18N4O3. The molecule has 4 N–H and O–H groups in total. The molecule has 0 spiro atoms. The molecule has 0 fully saturated rings. The molecule has 100 valence electrons. The highest BCUT2D eigenvalue weighted by atomic mass is 16.4. The Morgan fingerprint density at radius 3 is 2.89 bits per heavy atom. The average Bonchev–Trinajstić information content (AvgIpc) is 2.84. The van der Waals surface area contributed by atoms with Crippen LogP contribution in [0.15, 0.2) is 12.4 Å². The van der Waals surface area contributed by atoms with Crippen molar-refractivity contribution < 1.29 is 14.7 Å². The minimum atomic E-state index is -1.01. The minimum Gasteiger partial charge on any atom is -0.480 e. The number of carboxylic acids is 1. The number of H-pyrrole nitrogens is 1. The lowest BCUT2D eigenvalue weighted by Crippen LogP contribution is -2.45. The highest BCUT2D eigenvalue weighted by Gasteiger charge is 2.18. The first-order valence-electron chi connectivity index (χ1n) is 5.88. The van der Waals surface area contributed by atoms with Crippen molar-refractivity contribution in [3.8, 4) is 0 Å². The van der Waals surface area contributed by atoms with Gasteiger partial charge in [0.25, 0.3) is 0 Å². The van der Waals surface area contributed by atoms with Crippen molar-refractivity contribution in [3.63, 3.8) is 0 Å². The van der Waals surface area contributed by atoms with Crippen LogP contribution < -0.4 is 10.6 Å². The van der Waals surface area contributed by atoms with Gasteiger partial charge in [-0.25, -0.2) is 9.59 Å². The number of carbonyl (C=O) groups is 2. The van der Waals surface area contributed by atoms with Crippen LogP contribution in [0.3, 0.4) is 0 Å². The van der Waals surface area contributed by atoms with E-state index in [1.54, 1.807) is 12.4 Å². The number of unbranched alkanes of at least 4 members (excludes halogenated alkanes) is 1. The van der Waals surface area contributed by atoms with Gasteiger partial charge in [0.05, 0.1) is 6.20 Å². The molecule has 0 saturated carbocycles. The van der Waals surface area contributed by atoms with Crippen LogP contribution in [0.5, 0.6) is 0 Å². The van der Waals surface area contributed by atoms with Crippen molar-refractivity contribution in [1.82, 2.24) is 20.8 Å². The molecule has 0 aliphatic heterocycles. The zero-order chi connectivity index (χ0) is 13.4. The molecule has 7 heteroatoms. The number of hydrogen-bond acceptors (Lipinski definition) is 3. The molecule has 0 aromatic carbocycles. The van der Waals surface area contributed by atoms with Gasteiger partial charge < -0.3 is 15.7 Å². The molecule has 2 amide bonds. The third-order valence-electron chi connectivity index (χ3n) is 2.46. The Kier molecular flexibility index (Phi) is 5.69. The number of urea groups is 1. The average molecular weight is 254 g/mol. The number of nitrogens with zero attached hydrogens (tertiary/aromatic N) is 1. The van der Waals surface area contributed by atoms with Crippen molar-refractivity contribution in [2.24, 2.45) is 0 Å². The molecule has 18 heavy (non-hydrogen) atoms. The van der Waals surface area contributed by atoms with Crippen molar-refractivity contribution in [2.45, 2.75) is 38.8 Å². The highest BCUT2D eigenvalue weighted by molar-refractivity contribution is 5.82. The summed E-state index contributed by atoms with van der Waals surface area (Å²) in [4.78, 5) is 22.4. The number of aromatic amines is 1. The summed E-state index contributed by atoms with van der Waals surface area (Å²) in [7, 11) is 0. The Morgan fingerprint density at radius 1 is 1.56 bits per heavy atom. The molecule has 0 aliphatic carbocycles. The molecule has 1 unspecified atom stereocenters.